The van der Waals surface area contributed by atoms with E-state index in [0.717, 1.165) is 25.7 Å². The molecular formula is C20H28I2N4O6S2. The predicted octanol–water partition coefficient (Wildman–Crippen LogP) is 1.98. The second-order valence-electron chi connectivity index (χ2n) is 7.95. The van der Waals surface area contributed by atoms with Crippen molar-refractivity contribution in [2.24, 2.45) is 0 Å². The van der Waals surface area contributed by atoms with Gasteiger partial charge in [-0.25, -0.2) is 0 Å². The number of hydrogen-bond donors (Lipinski definition) is 2. The molecule has 10 nitrogen and oxygen atoms in total. The van der Waals surface area contributed by atoms with Crippen LogP contribution in [0, 0.1) is 0 Å². The number of halogens is 2. The minimum absolute atomic E-state index is 0.105. The van der Waals surface area contributed by atoms with Gasteiger partial charge in [0, 0.05) is 51.9 Å². The molecule has 34 heavy (non-hydrogen) atoms. The van der Waals surface area contributed by atoms with E-state index < -0.39 is 0 Å². The van der Waals surface area contributed by atoms with Crippen molar-refractivity contribution in [3.8, 4) is 0 Å². The molecule has 2 fully saturated rings. The summed E-state index contributed by atoms with van der Waals surface area (Å²) in [6, 6.07) is 0. The fraction of sp³-hybridized carbons (Fsp3) is 0.700. The van der Waals surface area contributed by atoms with Gasteiger partial charge in [-0.05, 0) is 55.3 Å². The molecule has 0 radical (unpaired) electrons. The first-order chi connectivity index (χ1) is 16.3. The summed E-state index contributed by atoms with van der Waals surface area (Å²) in [6.45, 7) is 1.28. The van der Waals surface area contributed by atoms with Crippen LogP contribution >= 0.6 is 60.3 Å². The molecule has 2 aliphatic rings. The van der Waals surface area contributed by atoms with Gasteiger partial charge in [0.05, 0.1) is 0 Å². The van der Waals surface area contributed by atoms with Crippen molar-refractivity contribution >= 4 is 95.7 Å². The molecule has 0 bridgehead atoms. The highest BCUT2D eigenvalue weighted by Gasteiger charge is 2.39. The third-order valence-electron chi connectivity index (χ3n) is 5.49. The molecule has 190 valence electrons. The molecule has 2 saturated heterocycles. The number of likely N-dealkylation sites (tertiary alicyclic amines) is 2. The van der Waals surface area contributed by atoms with Crippen LogP contribution in [-0.2, 0) is 28.8 Å². The number of rotatable bonds is 15. The van der Waals surface area contributed by atoms with E-state index in [9.17, 15) is 28.8 Å². The minimum atomic E-state index is -0.341. The number of amides is 6. The highest BCUT2D eigenvalue weighted by Crippen LogP contribution is 2.30. The summed E-state index contributed by atoms with van der Waals surface area (Å²) in [5.41, 5.74) is 0. The Kier molecular flexibility index (Phi) is 13.5. The summed E-state index contributed by atoms with van der Waals surface area (Å²) < 4.78 is 0. The van der Waals surface area contributed by atoms with Crippen LogP contribution in [0.25, 0.3) is 0 Å². The van der Waals surface area contributed by atoms with Gasteiger partial charge in [-0.1, -0.05) is 30.7 Å². The lowest BCUT2D eigenvalue weighted by molar-refractivity contribution is -0.140. The number of hydrogen-bond acceptors (Lipinski definition) is 8. The average molecular weight is 738 g/mol. The molecule has 2 N–H and O–H groups in total. The lowest BCUT2D eigenvalue weighted by Crippen LogP contribution is -2.35. The van der Waals surface area contributed by atoms with Crippen LogP contribution in [0.3, 0.4) is 0 Å². The molecule has 0 aliphatic carbocycles. The molecule has 0 aromatic rings. The zero-order chi connectivity index (χ0) is 25.1. The number of carbonyl (C=O) groups is 6. The second-order valence-corrected chi connectivity index (χ2v) is 12.5. The molecule has 2 rings (SSSR count). The van der Waals surface area contributed by atoms with E-state index >= 15 is 0 Å². The molecule has 0 saturated carbocycles. The van der Waals surface area contributed by atoms with Crippen molar-refractivity contribution in [1.29, 1.82) is 0 Å². The molecular weight excluding hydrogens is 710 g/mol. The van der Waals surface area contributed by atoms with Gasteiger partial charge in [0.15, 0.2) is 0 Å². The third kappa shape index (κ3) is 9.11. The first kappa shape index (κ1) is 29.6. The van der Waals surface area contributed by atoms with Gasteiger partial charge >= 0.3 is 0 Å². The van der Waals surface area contributed by atoms with Crippen molar-refractivity contribution in [2.45, 2.75) is 61.9 Å². The number of imide groups is 2. The van der Waals surface area contributed by atoms with E-state index in [1.54, 1.807) is 0 Å². The number of carbonyl (C=O) groups excluding carboxylic acids is 6. The van der Waals surface area contributed by atoms with Gasteiger partial charge in [-0.15, -0.1) is 0 Å². The van der Waals surface area contributed by atoms with E-state index in [4.69, 9.17) is 0 Å². The molecule has 2 aliphatic heterocycles. The van der Waals surface area contributed by atoms with Gasteiger partial charge < -0.3 is 10.6 Å². The average Bonchev–Trinajstić information content (AvgIpc) is 3.25. The molecule has 0 spiro atoms. The van der Waals surface area contributed by atoms with Crippen LogP contribution in [0.1, 0.15) is 51.4 Å². The molecule has 0 aromatic carbocycles. The molecule has 14 heteroatoms. The SMILES string of the molecule is O=C(CCN1C(=O)CC(SI)C1=O)NCCCCCCNC(=O)CCN1C(=O)CC(SI)C1=O. The summed E-state index contributed by atoms with van der Waals surface area (Å²) in [5.74, 6) is -1.24. The van der Waals surface area contributed by atoms with Crippen molar-refractivity contribution < 1.29 is 28.8 Å². The Hall–Kier alpha value is -0.620. The van der Waals surface area contributed by atoms with Crippen LogP contribution in [0.2, 0.25) is 0 Å². The summed E-state index contributed by atoms with van der Waals surface area (Å²) >= 11 is 4.02. The Bertz CT molecular complexity index is 739. The standard InChI is InChI=1S/C20H28I2N4O6S2/c21-33-13-11-17(29)25(19(13)31)9-5-15(27)23-7-3-1-2-4-8-24-16(28)6-10-26-18(30)12-14(34-22)20(26)32/h13-14H,1-12H2,(H,23,27)(H,24,28). The Balaban J connectivity index is 1.45. The van der Waals surface area contributed by atoms with Crippen LogP contribution < -0.4 is 10.6 Å². The predicted molar refractivity (Wildman–Crippen MR) is 147 cm³/mol. The summed E-state index contributed by atoms with van der Waals surface area (Å²) in [4.78, 5) is 74.0. The Morgan fingerprint density at radius 2 is 1.12 bits per heavy atom. The maximum absolute atomic E-state index is 12.0. The van der Waals surface area contributed by atoms with Crippen LogP contribution in [-0.4, -0.2) is 81.9 Å². The van der Waals surface area contributed by atoms with E-state index in [-0.39, 0.29) is 84.7 Å². The highest BCUT2D eigenvalue weighted by atomic mass is 127. The normalized spacial score (nSPS) is 20.4. The van der Waals surface area contributed by atoms with Gasteiger partial charge in [0.25, 0.3) is 0 Å². The molecule has 2 atom stereocenters. The van der Waals surface area contributed by atoms with E-state index in [0.29, 0.717) is 13.1 Å². The molecule has 2 unspecified atom stereocenters. The second kappa shape index (κ2) is 15.5. The van der Waals surface area contributed by atoms with Gasteiger partial charge in [-0.2, -0.15) is 0 Å². The van der Waals surface area contributed by atoms with Gasteiger partial charge in [0.1, 0.15) is 10.5 Å². The largest absolute Gasteiger partial charge is 0.356 e. The first-order valence-electron chi connectivity index (χ1n) is 11.0. The Morgan fingerprint density at radius 1 is 0.735 bits per heavy atom. The molecule has 2 heterocycles. The fourth-order valence-electron chi connectivity index (χ4n) is 3.58. The zero-order valence-electron chi connectivity index (χ0n) is 18.6. The number of unbranched alkanes of at least 4 members (excludes halogenated alkanes) is 3. The van der Waals surface area contributed by atoms with Crippen molar-refractivity contribution in [3.05, 3.63) is 0 Å². The topological polar surface area (TPSA) is 133 Å². The number of nitrogens with one attached hydrogen (secondary N) is 2. The van der Waals surface area contributed by atoms with Crippen LogP contribution in [0.4, 0.5) is 0 Å². The number of nitrogens with zero attached hydrogens (tertiary/aromatic N) is 2. The molecule has 0 aromatic heterocycles. The maximum atomic E-state index is 12.0. The Morgan fingerprint density at radius 3 is 1.44 bits per heavy atom. The summed E-state index contributed by atoms with van der Waals surface area (Å²) in [6.07, 6.45) is 3.98. The lowest BCUT2D eigenvalue weighted by Gasteiger charge is -2.14. The van der Waals surface area contributed by atoms with E-state index in [1.807, 2.05) is 42.4 Å². The zero-order valence-corrected chi connectivity index (χ0v) is 24.5. The summed E-state index contributed by atoms with van der Waals surface area (Å²) in [7, 11) is 2.65. The fourth-order valence-corrected chi connectivity index (χ4v) is 6.78. The van der Waals surface area contributed by atoms with Gasteiger partial charge in [0.2, 0.25) is 35.4 Å². The van der Waals surface area contributed by atoms with Crippen LogP contribution in [0.15, 0.2) is 0 Å². The monoisotopic (exact) mass is 738 g/mol. The highest BCUT2D eigenvalue weighted by molar-refractivity contribution is 14.2. The molecule has 6 amide bonds. The van der Waals surface area contributed by atoms with E-state index in [2.05, 4.69) is 10.6 Å². The smallest absolute Gasteiger partial charge is 0.243 e. The van der Waals surface area contributed by atoms with E-state index in [1.165, 1.54) is 27.7 Å². The maximum Gasteiger partial charge on any atom is 0.243 e. The van der Waals surface area contributed by atoms with Crippen molar-refractivity contribution in [3.63, 3.8) is 0 Å². The lowest BCUT2D eigenvalue weighted by atomic mass is 10.2. The third-order valence-corrected chi connectivity index (χ3v) is 10.3. The minimum Gasteiger partial charge on any atom is -0.356 e. The van der Waals surface area contributed by atoms with Crippen LogP contribution in [0.5, 0.6) is 0 Å². The summed E-state index contributed by atoms with van der Waals surface area (Å²) in [5, 5.41) is 4.92. The quantitative estimate of drug-likeness (QED) is 0.148. The van der Waals surface area contributed by atoms with Crippen molar-refractivity contribution in [2.75, 3.05) is 26.2 Å². The Labute approximate surface area is 231 Å². The van der Waals surface area contributed by atoms with Gasteiger partial charge in [-0.3, -0.25) is 38.6 Å². The first-order valence-corrected chi connectivity index (χ1v) is 17.9. The van der Waals surface area contributed by atoms with Crippen molar-refractivity contribution in [1.82, 2.24) is 20.4 Å².